The Labute approximate surface area is 205 Å². The molecule has 2 amide bonds. The molecule has 6 nitrogen and oxygen atoms in total. The molecule has 2 aromatic rings. The third kappa shape index (κ3) is 7.70. The molecule has 1 aliphatic rings. The number of benzene rings is 2. The topological polar surface area (TPSA) is 66.9 Å². The van der Waals surface area contributed by atoms with Gasteiger partial charge in [0.05, 0.1) is 5.56 Å². The highest BCUT2D eigenvalue weighted by Crippen LogP contribution is 2.23. The maximum atomic E-state index is 12.6. The molecule has 3 rings (SSSR count). The number of hydrogen-bond acceptors (Lipinski definition) is 4. The van der Waals surface area contributed by atoms with E-state index in [0.29, 0.717) is 29.8 Å². The van der Waals surface area contributed by atoms with Gasteiger partial charge >= 0.3 is 6.09 Å². The van der Waals surface area contributed by atoms with Crippen molar-refractivity contribution in [2.24, 2.45) is 5.92 Å². The number of piperidine rings is 1. The lowest BCUT2D eigenvalue weighted by Gasteiger charge is -2.32. The smallest absolute Gasteiger partial charge is 0.319 e. The van der Waals surface area contributed by atoms with E-state index in [9.17, 15) is 14.4 Å². The number of aldehydes is 1. The molecule has 2 aromatic carbocycles. The largest absolute Gasteiger partial charge is 0.434 e. The fourth-order valence-corrected chi connectivity index (χ4v) is 4.12. The van der Waals surface area contributed by atoms with Crippen LogP contribution in [-0.2, 0) is 11.3 Å². The van der Waals surface area contributed by atoms with Crippen LogP contribution >= 0.6 is 15.9 Å². The van der Waals surface area contributed by atoms with E-state index in [-0.39, 0.29) is 11.1 Å². The van der Waals surface area contributed by atoms with E-state index < -0.39 is 12.0 Å². The van der Waals surface area contributed by atoms with E-state index in [4.69, 9.17) is 4.84 Å². The number of aryl methyl sites for hydroxylation is 2. The lowest BCUT2D eigenvalue weighted by atomic mass is 9.90. The third-order valence-corrected chi connectivity index (χ3v) is 6.20. The van der Waals surface area contributed by atoms with Gasteiger partial charge in [-0.25, -0.2) is 4.79 Å². The number of halogens is 1. The lowest BCUT2D eigenvalue weighted by molar-refractivity contribution is -0.0678. The van der Waals surface area contributed by atoms with E-state index in [0.717, 1.165) is 30.7 Å². The molecule has 0 spiro atoms. The molecule has 1 aliphatic heterocycles. The summed E-state index contributed by atoms with van der Waals surface area (Å²) >= 11 is 3.27. The van der Waals surface area contributed by atoms with Gasteiger partial charge in [-0.3, -0.25) is 9.59 Å². The molecule has 0 bridgehead atoms. The zero-order valence-corrected chi connectivity index (χ0v) is 21.4. The number of rotatable bonds is 5. The van der Waals surface area contributed by atoms with Crippen LogP contribution in [-0.4, -0.2) is 48.4 Å². The quantitative estimate of drug-likeness (QED) is 0.357. The number of hydroxylamine groups is 2. The first-order valence-corrected chi connectivity index (χ1v) is 12.2. The fraction of sp³-hybridized carbons (Fsp3) is 0.423. The molecule has 0 radical (unpaired) electrons. The summed E-state index contributed by atoms with van der Waals surface area (Å²) in [4.78, 5) is 43.3. The van der Waals surface area contributed by atoms with E-state index >= 15 is 0 Å². The van der Waals surface area contributed by atoms with Crippen molar-refractivity contribution in [1.29, 1.82) is 0 Å². The molecule has 33 heavy (non-hydrogen) atoms. The van der Waals surface area contributed by atoms with Gasteiger partial charge < -0.3 is 9.74 Å². The monoisotopic (exact) mass is 516 g/mol. The minimum Gasteiger partial charge on any atom is -0.319 e. The highest BCUT2D eigenvalue weighted by atomic mass is 79.9. The average Bonchev–Trinajstić information content (AvgIpc) is 2.84. The maximum absolute atomic E-state index is 12.6. The molecule has 0 aromatic heterocycles. The Hall–Kier alpha value is -2.67. The van der Waals surface area contributed by atoms with Gasteiger partial charge in [-0.2, -0.15) is 5.06 Å². The second-order valence-corrected chi connectivity index (χ2v) is 8.88. The predicted octanol–water partition coefficient (Wildman–Crippen LogP) is 6.06. The highest BCUT2D eigenvalue weighted by molar-refractivity contribution is 9.10. The van der Waals surface area contributed by atoms with Crippen molar-refractivity contribution in [2.45, 2.75) is 46.5 Å². The van der Waals surface area contributed by atoms with Gasteiger partial charge in [0.25, 0.3) is 5.91 Å². The first kappa shape index (κ1) is 26.6. The highest BCUT2D eigenvalue weighted by Gasteiger charge is 2.27. The number of carbonyl (C=O) groups is 3. The maximum Gasteiger partial charge on any atom is 0.434 e. The van der Waals surface area contributed by atoms with Crippen LogP contribution in [0, 0.1) is 12.8 Å². The van der Waals surface area contributed by atoms with Gasteiger partial charge in [0, 0.05) is 30.2 Å². The lowest BCUT2D eigenvalue weighted by Crippen LogP contribution is -2.42. The summed E-state index contributed by atoms with van der Waals surface area (Å²) in [6.07, 6.45) is 4.04. The van der Waals surface area contributed by atoms with E-state index in [1.54, 1.807) is 17.0 Å². The van der Waals surface area contributed by atoms with Crippen LogP contribution in [0.3, 0.4) is 0 Å². The van der Waals surface area contributed by atoms with Gasteiger partial charge in [0.15, 0.2) is 6.29 Å². The molecule has 0 aliphatic carbocycles. The number of nitrogens with zero attached hydrogens (tertiary/aromatic N) is 2. The Morgan fingerprint density at radius 2 is 1.76 bits per heavy atom. The van der Waals surface area contributed by atoms with Crippen LogP contribution in [0.1, 0.15) is 65.0 Å². The van der Waals surface area contributed by atoms with Crippen molar-refractivity contribution in [3.05, 3.63) is 69.2 Å². The Balaban J connectivity index is 0.00000187. The zero-order chi connectivity index (χ0) is 24.4. The second-order valence-electron chi connectivity index (χ2n) is 7.96. The van der Waals surface area contributed by atoms with Crippen LogP contribution < -0.4 is 0 Å². The molecule has 0 unspecified atom stereocenters. The minimum absolute atomic E-state index is 0.184. The second kappa shape index (κ2) is 13.1. The molecule has 1 saturated heterocycles. The first-order valence-electron chi connectivity index (χ1n) is 11.4. The molecule has 178 valence electrons. The Kier molecular flexibility index (Phi) is 10.6. The van der Waals surface area contributed by atoms with Gasteiger partial charge in [-0.1, -0.05) is 59.6 Å². The average molecular weight is 517 g/mol. The van der Waals surface area contributed by atoms with Gasteiger partial charge in [-0.05, 0) is 62.3 Å². The van der Waals surface area contributed by atoms with E-state index in [1.807, 2.05) is 13.8 Å². The van der Waals surface area contributed by atoms with Crippen LogP contribution in [0.5, 0.6) is 0 Å². The number of likely N-dealkylation sites (tertiary alicyclic amines) is 1. The number of hydrogen-bond donors (Lipinski definition) is 0. The predicted molar refractivity (Wildman–Crippen MR) is 133 cm³/mol. The summed E-state index contributed by atoms with van der Waals surface area (Å²) < 4.78 is 0.691. The summed E-state index contributed by atoms with van der Waals surface area (Å²) in [6.45, 7) is 7.30. The van der Waals surface area contributed by atoms with Gasteiger partial charge in [0.1, 0.15) is 0 Å². The van der Waals surface area contributed by atoms with Crippen molar-refractivity contribution in [1.82, 2.24) is 9.96 Å². The number of carbonyl (C=O) groups excluding carboxylic acids is 3. The third-order valence-electron chi connectivity index (χ3n) is 5.71. The van der Waals surface area contributed by atoms with Crippen LogP contribution in [0.25, 0.3) is 0 Å². The SMILES string of the molecule is CC.Cc1ccc(CCC2CCN(C(=O)ON(C)C(=O)c3ccc(Br)cc3C=O)CC2)cc1. The number of amides is 2. The normalized spacial score (nSPS) is 13.5. The van der Waals surface area contributed by atoms with Crippen LogP contribution in [0.4, 0.5) is 4.79 Å². The van der Waals surface area contributed by atoms with Crippen LogP contribution in [0.2, 0.25) is 0 Å². The van der Waals surface area contributed by atoms with Crippen molar-refractivity contribution in [3.63, 3.8) is 0 Å². The molecular weight excluding hydrogens is 484 g/mol. The van der Waals surface area contributed by atoms with Crippen molar-refractivity contribution in [2.75, 3.05) is 20.1 Å². The van der Waals surface area contributed by atoms with Crippen LogP contribution in [0.15, 0.2) is 46.9 Å². The van der Waals surface area contributed by atoms with E-state index in [1.165, 1.54) is 24.2 Å². The standard InChI is InChI=1S/C24H27BrN2O4.C2H6/c1-17-3-5-18(6-4-17)7-8-19-11-13-27(14-12-19)24(30)31-26(2)23(29)22-10-9-21(25)15-20(22)16-28;1-2/h3-6,9-10,15-16,19H,7-8,11-14H2,1-2H3;1-2H3. The summed E-state index contributed by atoms with van der Waals surface area (Å²) in [6, 6.07) is 13.4. The Bertz CT molecular complexity index is 938. The Morgan fingerprint density at radius 3 is 2.36 bits per heavy atom. The van der Waals surface area contributed by atoms with Crippen molar-refractivity contribution < 1.29 is 19.2 Å². The van der Waals surface area contributed by atoms with E-state index in [2.05, 4.69) is 47.1 Å². The summed E-state index contributed by atoms with van der Waals surface area (Å²) in [5, 5.41) is 0.891. The molecule has 0 saturated carbocycles. The molecule has 0 N–H and O–H groups in total. The van der Waals surface area contributed by atoms with Gasteiger partial charge in [-0.15, -0.1) is 0 Å². The summed E-state index contributed by atoms with van der Waals surface area (Å²) in [7, 11) is 1.38. The Morgan fingerprint density at radius 1 is 1.12 bits per heavy atom. The summed E-state index contributed by atoms with van der Waals surface area (Å²) in [5.41, 5.74) is 3.02. The molecule has 1 fully saturated rings. The zero-order valence-electron chi connectivity index (χ0n) is 19.8. The summed E-state index contributed by atoms with van der Waals surface area (Å²) in [5.74, 6) is 0.0264. The van der Waals surface area contributed by atoms with Crippen molar-refractivity contribution in [3.8, 4) is 0 Å². The first-order chi connectivity index (χ1) is 15.9. The minimum atomic E-state index is -0.545. The van der Waals surface area contributed by atoms with Crippen molar-refractivity contribution >= 4 is 34.2 Å². The molecule has 0 atom stereocenters. The molecule has 7 heteroatoms. The van der Waals surface area contributed by atoms with Gasteiger partial charge in [0.2, 0.25) is 0 Å². The molecule has 1 heterocycles. The fourth-order valence-electron chi connectivity index (χ4n) is 3.74. The molecular formula is C26H33BrN2O4.